The smallest absolute Gasteiger partial charge is 0.338 e. The maximum atomic E-state index is 12.9. The minimum Gasteiger partial charge on any atom is -0.492 e. The van der Waals surface area contributed by atoms with Gasteiger partial charge in [0.05, 0.1) is 18.1 Å². The summed E-state index contributed by atoms with van der Waals surface area (Å²) in [5.74, 6) is -0.191. The number of benzene rings is 2. The van der Waals surface area contributed by atoms with E-state index in [-0.39, 0.29) is 19.1 Å². The first kappa shape index (κ1) is 22.3. The molecule has 1 N–H and O–H groups in total. The molecule has 0 bridgehead atoms. The highest BCUT2D eigenvalue weighted by atomic mass is 16.5. The van der Waals surface area contributed by atoms with E-state index in [4.69, 9.17) is 14.2 Å². The molecule has 3 rings (SSSR count). The van der Waals surface area contributed by atoms with Gasteiger partial charge in [0.25, 0.3) is 0 Å². The van der Waals surface area contributed by atoms with Crippen LogP contribution in [-0.4, -0.2) is 31.1 Å². The fourth-order valence-corrected chi connectivity index (χ4v) is 3.73. The molecule has 0 aliphatic carbocycles. The predicted octanol–water partition coefficient (Wildman–Crippen LogP) is 3.90. The molecule has 7 heteroatoms. The molecule has 2 aromatic carbocycles. The quantitative estimate of drug-likeness (QED) is 0.577. The summed E-state index contributed by atoms with van der Waals surface area (Å²) in [5.41, 5.74) is 4.31. The van der Waals surface area contributed by atoms with Crippen LogP contribution in [0.25, 0.3) is 0 Å². The average molecular weight is 425 g/mol. The van der Waals surface area contributed by atoms with Crippen molar-refractivity contribution in [3.63, 3.8) is 0 Å². The summed E-state index contributed by atoms with van der Waals surface area (Å²) in [6, 6.07) is 6.63. The third kappa shape index (κ3) is 4.71. The van der Waals surface area contributed by atoms with Crippen LogP contribution >= 0.6 is 0 Å². The van der Waals surface area contributed by atoms with Crippen molar-refractivity contribution in [1.82, 2.24) is 0 Å². The Morgan fingerprint density at radius 1 is 1.13 bits per heavy atom. The first-order valence-corrected chi connectivity index (χ1v) is 10.2. The van der Waals surface area contributed by atoms with Crippen LogP contribution in [0.2, 0.25) is 0 Å². The number of ether oxygens (including phenoxy) is 3. The Morgan fingerprint density at radius 3 is 2.55 bits per heavy atom. The minimum atomic E-state index is -0.437. The van der Waals surface area contributed by atoms with Crippen LogP contribution in [0.3, 0.4) is 0 Å². The standard InChI is InChI=1S/C24H27NO6/c1-6-29-24(28)17-8-7-9-19(10-17)25-23(27)18-11-20-15(4)21(31-16(5)26)13(2)14(3)22(20)30-12-18/h7-10,18H,6,11-12H2,1-5H3,(H,25,27). The first-order chi connectivity index (χ1) is 14.7. The third-order valence-electron chi connectivity index (χ3n) is 5.45. The highest BCUT2D eigenvalue weighted by molar-refractivity contribution is 5.96. The molecule has 1 aliphatic heterocycles. The normalized spacial score (nSPS) is 14.8. The van der Waals surface area contributed by atoms with Gasteiger partial charge in [-0.1, -0.05) is 6.07 Å². The molecular formula is C24H27NO6. The second-order valence-electron chi connectivity index (χ2n) is 7.61. The zero-order valence-corrected chi connectivity index (χ0v) is 18.5. The maximum Gasteiger partial charge on any atom is 0.338 e. The number of amides is 1. The van der Waals surface area contributed by atoms with E-state index in [1.165, 1.54) is 6.92 Å². The van der Waals surface area contributed by atoms with Gasteiger partial charge in [-0.3, -0.25) is 9.59 Å². The van der Waals surface area contributed by atoms with E-state index < -0.39 is 17.9 Å². The van der Waals surface area contributed by atoms with Crippen molar-refractivity contribution in [2.45, 2.75) is 41.0 Å². The number of anilines is 1. The van der Waals surface area contributed by atoms with Crippen LogP contribution < -0.4 is 14.8 Å². The summed E-state index contributed by atoms with van der Waals surface area (Å²) in [6.07, 6.45) is 0.458. The number of carbonyl (C=O) groups excluding carboxylic acids is 3. The average Bonchev–Trinajstić information content (AvgIpc) is 2.75. The Balaban J connectivity index is 1.81. The molecule has 31 heavy (non-hydrogen) atoms. The highest BCUT2D eigenvalue weighted by Gasteiger charge is 2.31. The van der Waals surface area contributed by atoms with E-state index in [0.717, 1.165) is 28.0 Å². The lowest BCUT2D eigenvalue weighted by Crippen LogP contribution is -2.33. The number of carbonyl (C=O) groups is 3. The van der Waals surface area contributed by atoms with Crippen molar-refractivity contribution in [2.75, 3.05) is 18.5 Å². The predicted molar refractivity (Wildman–Crippen MR) is 116 cm³/mol. The Kier molecular flexibility index (Phi) is 6.63. The Morgan fingerprint density at radius 2 is 1.87 bits per heavy atom. The molecule has 1 heterocycles. The maximum absolute atomic E-state index is 12.9. The Hall–Kier alpha value is -3.35. The van der Waals surface area contributed by atoms with Crippen LogP contribution in [0.1, 0.15) is 46.5 Å². The first-order valence-electron chi connectivity index (χ1n) is 10.2. The molecular weight excluding hydrogens is 398 g/mol. The summed E-state index contributed by atoms with van der Waals surface area (Å²) >= 11 is 0. The fourth-order valence-electron chi connectivity index (χ4n) is 3.73. The van der Waals surface area contributed by atoms with E-state index in [2.05, 4.69) is 5.32 Å². The van der Waals surface area contributed by atoms with Gasteiger partial charge < -0.3 is 19.5 Å². The molecule has 0 radical (unpaired) electrons. The van der Waals surface area contributed by atoms with Gasteiger partial charge in [-0.2, -0.15) is 0 Å². The lowest BCUT2D eigenvalue weighted by atomic mass is 9.88. The van der Waals surface area contributed by atoms with Gasteiger partial charge in [0.15, 0.2) is 0 Å². The van der Waals surface area contributed by atoms with Crippen LogP contribution in [-0.2, 0) is 20.7 Å². The molecule has 0 saturated heterocycles. The van der Waals surface area contributed by atoms with Crippen molar-refractivity contribution < 1.29 is 28.6 Å². The monoisotopic (exact) mass is 425 g/mol. The summed E-state index contributed by atoms with van der Waals surface area (Å²) < 4.78 is 16.4. The molecule has 1 amide bonds. The minimum absolute atomic E-state index is 0.210. The van der Waals surface area contributed by atoms with Crippen molar-refractivity contribution in [2.24, 2.45) is 5.92 Å². The molecule has 0 fully saturated rings. The number of rotatable bonds is 5. The summed E-state index contributed by atoms with van der Waals surface area (Å²) in [7, 11) is 0. The molecule has 1 atom stereocenters. The number of fused-ring (bicyclic) bond motifs is 1. The molecule has 1 aliphatic rings. The van der Waals surface area contributed by atoms with Crippen LogP contribution in [0.15, 0.2) is 24.3 Å². The summed E-state index contributed by atoms with van der Waals surface area (Å²) in [6.45, 7) is 9.30. The van der Waals surface area contributed by atoms with Crippen molar-refractivity contribution in [3.05, 3.63) is 52.1 Å². The van der Waals surface area contributed by atoms with E-state index in [9.17, 15) is 14.4 Å². The highest BCUT2D eigenvalue weighted by Crippen LogP contribution is 2.41. The molecule has 0 saturated carbocycles. The number of hydrogen-bond donors (Lipinski definition) is 1. The van der Waals surface area contributed by atoms with Crippen molar-refractivity contribution >= 4 is 23.5 Å². The van der Waals surface area contributed by atoms with Gasteiger partial charge in [0.2, 0.25) is 5.91 Å². The SMILES string of the molecule is CCOC(=O)c1cccc(NC(=O)C2COc3c(C)c(C)c(OC(C)=O)c(C)c3C2)c1. The van der Waals surface area contributed by atoms with Gasteiger partial charge in [-0.15, -0.1) is 0 Å². The van der Waals surface area contributed by atoms with Crippen LogP contribution in [0.5, 0.6) is 11.5 Å². The number of hydrogen-bond acceptors (Lipinski definition) is 6. The van der Waals surface area contributed by atoms with Crippen molar-refractivity contribution in [1.29, 1.82) is 0 Å². The molecule has 0 aromatic heterocycles. The van der Waals surface area contributed by atoms with Crippen LogP contribution in [0, 0.1) is 26.7 Å². The van der Waals surface area contributed by atoms with Gasteiger partial charge in [-0.25, -0.2) is 4.79 Å². The Labute approximate surface area is 181 Å². The topological polar surface area (TPSA) is 90.9 Å². The van der Waals surface area contributed by atoms with E-state index >= 15 is 0 Å². The summed E-state index contributed by atoms with van der Waals surface area (Å²) in [5, 5.41) is 2.86. The van der Waals surface area contributed by atoms with Gasteiger partial charge in [-0.05, 0) is 69.0 Å². The van der Waals surface area contributed by atoms with Gasteiger partial charge in [0.1, 0.15) is 18.1 Å². The molecule has 0 spiro atoms. The second-order valence-corrected chi connectivity index (χ2v) is 7.61. The van der Waals surface area contributed by atoms with Crippen LogP contribution in [0.4, 0.5) is 5.69 Å². The lowest BCUT2D eigenvalue weighted by Gasteiger charge is -2.29. The number of esters is 2. The summed E-state index contributed by atoms with van der Waals surface area (Å²) in [4.78, 5) is 36.4. The van der Waals surface area contributed by atoms with E-state index in [1.54, 1.807) is 31.2 Å². The lowest BCUT2D eigenvalue weighted by molar-refractivity contribution is -0.132. The van der Waals surface area contributed by atoms with E-state index in [0.29, 0.717) is 23.4 Å². The zero-order valence-electron chi connectivity index (χ0n) is 18.5. The fraction of sp³-hybridized carbons (Fsp3) is 0.375. The molecule has 1 unspecified atom stereocenters. The molecule has 2 aromatic rings. The second kappa shape index (κ2) is 9.20. The largest absolute Gasteiger partial charge is 0.492 e. The van der Waals surface area contributed by atoms with Gasteiger partial charge in [0, 0.05) is 18.2 Å². The van der Waals surface area contributed by atoms with Crippen molar-refractivity contribution in [3.8, 4) is 11.5 Å². The molecule has 7 nitrogen and oxygen atoms in total. The third-order valence-corrected chi connectivity index (χ3v) is 5.45. The zero-order chi connectivity index (χ0) is 22.7. The number of nitrogens with one attached hydrogen (secondary N) is 1. The van der Waals surface area contributed by atoms with Gasteiger partial charge >= 0.3 is 11.9 Å². The molecule has 164 valence electrons. The van der Waals surface area contributed by atoms with E-state index in [1.807, 2.05) is 20.8 Å². The Bertz CT molecular complexity index is 1040.